The minimum Gasteiger partial charge on any atom is -0.486 e. The fourth-order valence-electron chi connectivity index (χ4n) is 2.11. The molecule has 0 saturated carbocycles. The largest absolute Gasteiger partial charge is 0.486 e. The van der Waals surface area contributed by atoms with Gasteiger partial charge < -0.3 is 9.47 Å². The molecule has 1 aliphatic rings. The molecule has 0 aromatic heterocycles. The van der Waals surface area contributed by atoms with Gasteiger partial charge >= 0.3 is 0 Å². The van der Waals surface area contributed by atoms with Gasteiger partial charge in [-0.25, -0.2) is 8.42 Å². The van der Waals surface area contributed by atoms with Crippen LogP contribution in [0.3, 0.4) is 0 Å². The molecule has 0 fully saturated rings. The summed E-state index contributed by atoms with van der Waals surface area (Å²) in [6.07, 6.45) is 0. The Bertz CT molecular complexity index is 916. The van der Waals surface area contributed by atoms with Crippen LogP contribution in [0.4, 0.5) is 0 Å². The number of sulfonamides is 1. The van der Waals surface area contributed by atoms with Crippen molar-refractivity contribution >= 4 is 21.6 Å². The van der Waals surface area contributed by atoms with Gasteiger partial charge in [-0.3, -0.25) is 0 Å². The topological polar surface area (TPSA) is 64.6 Å². The summed E-state index contributed by atoms with van der Waals surface area (Å²) in [7, 11) is -3.68. The number of halogens is 1. The maximum absolute atomic E-state index is 12.3. The molecule has 0 atom stereocenters. The van der Waals surface area contributed by atoms with Crippen LogP contribution in [0, 0.1) is 11.8 Å². The van der Waals surface area contributed by atoms with E-state index >= 15 is 0 Å². The van der Waals surface area contributed by atoms with Crippen molar-refractivity contribution in [3.8, 4) is 23.3 Å². The monoisotopic (exact) mass is 363 g/mol. The molecule has 1 aliphatic heterocycles. The van der Waals surface area contributed by atoms with Crippen molar-refractivity contribution in [2.45, 2.75) is 4.90 Å². The van der Waals surface area contributed by atoms with E-state index in [4.69, 9.17) is 21.1 Å². The van der Waals surface area contributed by atoms with Crippen molar-refractivity contribution in [1.82, 2.24) is 4.72 Å². The molecule has 2 aromatic rings. The first kappa shape index (κ1) is 16.7. The Morgan fingerprint density at radius 3 is 2.62 bits per heavy atom. The zero-order valence-electron chi connectivity index (χ0n) is 12.6. The van der Waals surface area contributed by atoms with E-state index in [0.717, 1.165) is 0 Å². The van der Waals surface area contributed by atoms with Crippen LogP contribution in [0.15, 0.2) is 47.4 Å². The predicted molar refractivity (Wildman–Crippen MR) is 91.0 cm³/mol. The van der Waals surface area contributed by atoms with Crippen molar-refractivity contribution in [3.63, 3.8) is 0 Å². The Hall–Kier alpha value is -2.20. The van der Waals surface area contributed by atoms with E-state index in [9.17, 15) is 8.42 Å². The summed E-state index contributed by atoms with van der Waals surface area (Å²) in [6.45, 7) is 0.824. The van der Waals surface area contributed by atoms with Gasteiger partial charge in [-0.05, 0) is 24.3 Å². The van der Waals surface area contributed by atoms with Crippen molar-refractivity contribution in [3.05, 3.63) is 53.1 Å². The molecular weight excluding hydrogens is 350 g/mol. The number of benzene rings is 2. The van der Waals surface area contributed by atoms with Crippen LogP contribution in [0.1, 0.15) is 5.56 Å². The third kappa shape index (κ3) is 3.82. The van der Waals surface area contributed by atoms with Crippen LogP contribution in [0.25, 0.3) is 0 Å². The average molecular weight is 364 g/mol. The van der Waals surface area contributed by atoms with Gasteiger partial charge in [0.1, 0.15) is 13.2 Å². The molecular formula is C17H14ClNO4S. The fourth-order valence-corrected chi connectivity index (χ4v) is 3.23. The normalized spacial score (nSPS) is 13.0. The molecule has 1 N–H and O–H groups in total. The van der Waals surface area contributed by atoms with Crippen LogP contribution in [-0.4, -0.2) is 28.2 Å². The minimum absolute atomic E-state index is 0.0258. The molecule has 0 unspecified atom stereocenters. The molecule has 0 bridgehead atoms. The second-order valence-corrected chi connectivity index (χ2v) is 7.09. The zero-order chi connectivity index (χ0) is 17.0. The van der Waals surface area contributed by atoms with E-state index in [1.54, 1.807) is 24.3 Å². The lowest BCUT2D eigenvalue weighted by Crippen LogP contribution is -2.24. The van der Waals surface area contributed by atoms with Crippen molar-refractivity contribution < 1.29 is 17.9 Å². The first-order valence-corrected chi connectivity index (χ1v) is 9.05. The summed E-state index contributed by atoms with van der Waals surface area (Å²) >= 11 is 5.99. The lowest BCUT2D eigenvalue weighted by molar-refractivity contribution is 0.171. The summed E-state index contributed by atoms with van der Waals surface area (Å²) < 4.78 is 37.8. The van der Waals surface area contributed by atoms with Gasteiger partial charge in [0.2, 0.25) is 10.0 Å². The maximum atomic E-state index is 12.3. The zero-order valence-corrected chi connectivity index (χ0v) is 14.2. The first-order chi connectivity index (χ1) is 11.6. The average Bonchev–Trinajstić information content (AvgIpc) is 2.59. The summed E-state index contributed by atoms with van der Waals surface area (Å²) in [5, 5.41) is 0.527. The Balaban J connectivity index is 1.70. The van der Waals surface area contributed by atoms with Crippen molar-refractivity contribution in [1.29, 1.82) is 0 Å². The third-order valence-electron chi connectivity index (χ3n) is 3.27. The second-order valence-electron chi connectivity index (χ2n) is 4.91. The number of nitrogens with one attached hydrogen (secondary N) is 1. The Labute approximate surface area is 145 Å². The van der Waals surface area contributed by atoms with Crippen LogP contribution in [0.5, 0.6) is 11.5 Å². The molecule has 1 heterocycles. The Morgan fingerprint density at radius 1 is 1.08 bits per heavy atom. The lowest BCUT2D eigenvalue weighted by Gasteiger charge is -2.18. The molecule has 2 aromatic carbocycles. The summed E-state index contributed by atoms with van der Waals surface area (Å²) in [4.78, 5) is 0.103. The Morgan fingerprint density at radius 2 is 1.83 bits per heavy atom. The molecule has 0 aliphatic carbocycles. The van der Waals surface area contributed by atoms with Gasteiger partial charge in [0.05, 0.1) is 16.5 Å². The summed E-state index contributed by atoms with van der Waals surface area (Å²) in [5.41, 5.74) is 0.651. The van der Waals surface area contributed by atoms with Gasteiger partial charge in [-0.15, -0.1) is 0 Å². The predicted octanol–water partition coefficient (Wildman–Crippen LogP) is 2.44. The van der Waals surface area contributed by atoms with Crippen LogP contribution in [0.2, 0.25) is 5.02 Å². The highest BCUT2D eigenvalue weighted by Crippen LogP contribution is 2.32. The lowest BCUT2D eigenvalue weighted by atomic mass is 10.2. The van der Waals surface area contributed by atoms with Gasteiger partial charge in [0, 0.05) is 11.6 Å². The SMILES string of the molecule is O=S(=O)(NCC#Cc1ccccc1Cl)c1ccc2c(c1)OCCO2. The summed E-state index contributed by atoms with van der Waals surface area (Å²) in [5.74, 6) is 6.55. The van der Waals surface area contributed by atoms with Gasteiger partial charge in [0.15, 0.2) is 11.5 Å². The van der Waals surface area contributed by atoms with E-state index in [1.165, 1.54) is 12.1 Å². The summed E-state index contributed by atoms with van der Waals surface area (Å²) in [6, 6.07) is 11.6. The van der Waals surface area contributed by atoms with Crippen LogP contribution < -0.4 is 14.2 Å². The number of hydrogen-bond acceptors (Lipinski definition) is 4. The first-order valence-electron chi connectivity index (χ1n) is 7.19. The van der Waals surface area contributed by atoms with Crippen LogP contribution in [-0.2, 0) is 10.0 Å². The smallest absolute Gasteiger partial charge is 0.241 e. The number of fused-ring (bicyclic) bond motifs is 1. The van der Waals surface area contributed by atoms with E-state index in [1.807, 2.05) is 6.07 Å². The molecule has 0 radical (unpaired) electrons. The van der Waals surface area contributed by atoms with Crippen molar-refractivity contribution in [2.24, 2.45) is 0 Å². The van der Waals surface area contributed by atoms with E-state index < -0.39 is 10.0 Å². The molecule has 124 valence electrons. The van der Waals surface area contributed by atoms with Crippen LogP contribution >= 0.6 is 11.6 Å². The second kappa shape index (κ2) is 7.14. The number of ether oxygens (including phenoxy) is 2. The highest BCUT2D eigenvalue weighted by molar-refractivity contribution is 7.89. The maximum Gasteiger partial charge on any atom is 0.241 e. The molecule has 24 heavy (non-hydrogen) atoms. The Kier molecular flexibility index (Phi) is 4.95. The molecule has 3 rings (SSSR count). The molecule has 7 heteroatoms. The van der Waals surface area contributed by atoms with Gasteiger partial charge in [0.25, 0.3) is 0 Å². The van der Waals surface area contributed by atoms with E-state index in [2.05, 4.69) is 16.6 Å². The molecule has 0 amide bonds. The highest BCUT2D eigenvalue weighted by Gasteiger charge is 2.18. The molecule has 5 nitrogen and oxygen atoms in total. The van der Waals surface area contributed by atoms with Crippen molar-refractivity contribution in [2.75, 3.05) is 19.8 Å². The number of hydrogen-bond donors (Lipinski definition) is 1. The quantitative estimate of drug-likeness (QED) is 0.851. The molecule has 0 saturated heterocycles. The standard InChI is InChI=1S/C17H14ClNO4S/c18-15-6-2-1-4-13(15)5-3-9-19-24(20,21)14-7-8-16-17(12-14)23-11-10-22-16/h1-2,4,6-8,12,19H,9-11H2. The van der Waals surface area contributed by atoms with Gasteiger partial charge in [-0.1, -0.05) is 35.6 Å². The fraction of sp³-hybridized carbons (Fsp3) is 0.176. The van der Waals surface area contributed by atoms with Gasteiger partial charge in [-0.2, -0.15) is 4.72 Å². The number of rotatable bonds is 3. The minimum atomic E-state index is -3.68. The van der Waals surface area contributed by atoms with E-state index in [0.29, 0.717) is 35.3 Å². The van der Waals surface area contributed by atoms with E-state index in [-0.39, 0.29) is 11.4 Å². The molecule has 0 spiro atoms. The third-order valence-corrected chi connectivity index (χ3v) is 5.00. The highest BCUT2D eigenvalue weighted by atomic mass is 35.5.